The van der Waals surface area contributed by atoms with Gasteiger partial charge in [-0.3, -0.25) is 9.59 Å². The average molecular weight is 455 g/mol. The number of carbonyl (C=O) groups excluding carboxylic acids is 2. The number of thiocarbonyl (C=S) groups is 1. The average Bonchev–Trinajstić information content (AvgIpc) is 3.04. The van der Waals surface area contributed by atoms with Crippen LogP contribution in [0.4, 0.5) is 5.69 Å². The van der Waals surface area contributed by atoms with Crippen LogP contribution in [0.3, 0.4) is 0 Å². The maximum Gasteiger partial charge on any atom is 0.263 e. The molecule has 0 unspecified atom stereocenters. The van der Waals surface area contributed by atoms with Gasteiger partial charge in [-0.25, -0.2) is 0 Å². The summed E-state index contributed by atoms with van der Waals surface area (Å²) in [5.74, 6) is -0.134. The molecule has 3 aromatic carbocycles. The number of thioether (sulfide) groups is 1. The van der Waals surface area contributed by atoms with Crippen LogP contribution >= 0.6 is 35.6 Å². The number of hydrogen-bond acceptors (Lipinski definition) is 5. The quantitative estimate of drug-likeness (QED) is 0.419. The fourth-order valence-electron chi connectivity index (χ4n) is 2.93. The summed E-state index contributed by atoms with van der Waals surface area (Å²) < 4.78 is 6.09. The topological polar surface area (TPSA) is 67.4 Å². The van der Waals surface area contributed by atoms with E-state index in [-0.39, 0.29) is 18.4 Å². The van der Waals surface area contributed by atoms with E-state index >= 15 is 0 Å². The van der Waals surface area contributed by atoms with Gasteiger partial charge in [0.15, 0.2) is 6.61 Å². The monoisotopic (exact) mass is 454 g/mol. The van der Waals surface area contributed by atoms with Crippen molar-refractivity contribution < 1.29 is 14.3 Å². The van der Waals surface area contributed by atoms with Crippen molar-refractivity contribution in [2.75, 3.05) is 11.9 Å². The lowest BCUT2D eigenvalue weighted by atomic mass is 10.1. The number of ether oxygens (including phenoxy) is 1. The number of fused-ring (bicyclic) bond motifs is 1. The van der Waals surface area contributed by atoms with Crippen LogP contribution in [0.5, 0.6) is 5.75 Å². The Morgan fingerprint density at radius 1 is 1.13 bits per heavy atom. The van der Waals surface area contributed by atoms with Crippen LogP contribution < -0.4 is 15.4 Å². The summed E-state index contributed by atoms with van der Waals surface area (Å²) in [6.45, 7) is -0.192. The summed E-state index contributed by atoms with van der Waals surface area (Å²) in [6, 6.07) is 18.6. The molecule has 1 fully saturated rings. The van der Waals surface area contributed by atoms with Crippen molar-refractivity contribution in [3.05, 3.63) is 76.2 Å². The molecule has 1 aliphatic heterocycles. The molecule has 2 amide bonds. The molecule has 3 aromatic rings. The molecule has 150 valence electrons. The summed E-state index contributed by atoms with van der Waals surface area (Å²) in [5, 5.41) is 8.01. The van der Waals surface area contributed by atoms with E-state index in [2.05, 4.69) is 10.6 Å². The first-order valence-corrected chi connectivity index (χ1v) is 10.5. The number of benzene rings is 3. The van der Waals surface area contributed by atoms with E-state index in [1.165, 1.54) is 0 Å². The number of anilines is 1. The first-order chi connectivity index (χ1) is 14.5. The standard InChI is InChI=1S/C22H15ClN2O3S2/c23-16-6-8-18(15(9-16)11-19-21(27)25-22(29)30-19)28-12-20(26)24-17-7-5-13-3-1-2-4-14(13)10-17/h1-11H,12H2,(H,24,26)(H,25,27,29)/b19-11-. The van der Waals surface area contributed by atoms with Crippen molar-refractivity contribution in [1.29, 1.82) is 0 Å². The van der Waals surface area contributed by atoms with Gasteiger partial charge in [0.1, 0.15) is 10.1 Å². The van der Waals surface area contributed by atoms with Crippen LogP contribution in [-0.2, 0) is 9.59 Å². The Bertz CT molecular complexity index is 1210. The molecule has 8 heteroatoms. The smallest absolute Gasteiger partial charge is 0.263 e. The van der Waals surface area contributed by atoms with E-state index in [1.807, 2.05) is 42.5 Å². The lowest BCUT2D eigenvalue weighted by molar-refractivity contribution is -0.118. The molecule has 5 nitrogen and oxygen atoms in total. The number of amides is 2. The Kier molecular flexibility index (Phi) is 6.03. The minimum absolute atomic E-state index is 0.192. The zero-order valence-corrected chi connectivity index (χ0v) is 17.9. The summed E-state index contributed by atoms with van der Waals surface area (Å²) in [4.78, 5) is 24.7. The fourth-order valence-corrected chi connectivity index (χ4v) is 4.15. The summed E-state index contributed by atoms with van der Waals surface area (Å²) >= 11 is 12.3. The van der Waals surface area contributed by atoms with Crippen LogP contribution in [0.1, 0.15) is 5.56 Å². The van der Waals surface area contributed by atoms with Gasteiger partial charge in [-0.15, -0.1) is 0 Å². The van der Waals surface area contributed by atoms with Gasteiger partial charge >= 0.3 is 0 Å². The number of halogens is 1. The van der Waals surface area contributed by atoms with E-state index < -0.39 is 0 Å². The van der Waals surface area contributed by atoms with Gasteiger partial charge in [-0.05, 0) is 47.2 Å². The van der Waals surface area contributed by atoms with Crippen LogP contribution in [0.15, 0.2) is 65.6 Å². The second kappa shape index (κ2) is 8.87. The normalized spacial score (nSPS) is 14.8. The van der Waals surface area contributed by atoms with Gasteiger partial charge in [0, 0.05) is 16.3 Å². The highest BCUT2D eigenvalue weighted by molar-refractivity contribution is 8.26. The molecule has 0 bridgehead atoms. The SMILES string of the molecule is O=C(COc1ccc(Cl)cc1/C=C1\SC(=S)NC1=O)Nc1ccc2ccccc2c1. The molecule has 1 saturated heterocycles. The number of nitrogens with one attached hydrogen (secondary N) is 2. The molecule has 0 saturated carbocycles. The van der Waals surface area contributed by atoms with Crippen molar-refractivity contribution in [2.45, 2.75) is 0 Å². The third-order valence-corrected chi connectivity index (χ3v) is 5.69. The molecule has 1 heterocycles. The Morgan fingerprint density at radius 2 is 1.93 bits per heavy atom. The van der Waals surface area contributed by atoms with Crippen LogP contribution in [0.25, 0.3) is 16.8 Å². The van der Waals surface area contributed by atoms with Crippen LogP contribution in [0, 0.1) is 0 Å². The predicted molar refractivity (Wildman–Crippen MR) is 126 cm³/mol. The first kappa shape index (κ1) is 20.4. The summed E-state index contributed by atoms with van der Waals surface area (Å²) in [6.07, 6.45) is 1.64. The molecule has 0 aromatic heterocycles. The van der Waals surface area contributed by atoms with Crippen molar-refractivity contribution >= 4 is 74.3 Å². The molecule has 0 radical (unpaired) electrons. The maximum atomic E-state index is 12.4. The number of carbonyl (C=O) groups is 2. The molecule has 30 heavy (non-hydrogen) atoms. The van der Waals surface area contributed by atoms with E-state index in [0.717, 1.165) is 22.5 Å². The van der Waals surface area contributed by atoms with E-state index in [0.29, 0.717) is 31.2 Å². The van der Waals surface area contributed by atoms with E-state index in [1.54, 1.807) is 24.3 Å². The molecule has 4 rings (SSSR count). The largest absolute Gasteiger partial charge is 0.483 e. The van der Waals surface area contributed by atoms with Gasteiger partial charge in [0.2, 0.25) is 0 Å². The second-order valence-corrected chi connectivity index (χ2v) is 8.59. The third kappa shape index (κ3) is 4.81. The highest BCUT2D eigenvalue weighted by Crippen LogP contribution is 2.31. The van der Waals surface area contributed by atoms with Gasteiger partial charge < -0.3 is 15.4 Å². The van der Waals surface area contributed by atoms with Gasteiger partial charge in [-0.2, -0.15) is 0 Å². The van der Waals surface area contributed by atoms with Crippen molar-refractivity contribution in [3.8, 4) is 5.75 Å². The minimum atomic E-state index is -0.298. The summed E-state index contributed by atoms with van der Waals surface area (Å²) in [7, 11) is 0. The highest BCUT2D eigenvalue weighted by atomic mass is 35.5. The van der Waals surface area contributed by atoms with Gasteiger partial charge in [0.05, 0.1) is 4.91 Å². The van der Waals surface area contributed by atoms with Crippen LogP contribution in [-0.4, -0.2) is 22.7 Å². The third-order valence-electron chi connectivity index (χ3n) is 4.29. The van der Waals surface area contributed by atoms with Crippen molar-refractivity contribution in [2.24, 2.45) is 0 Å². The first-order valence-electron chi connectivity index (χ1n) is 8.94. The molecule has 1 aliphatic rings. The summed E-state index contributed by atoms with van der Waals surface area (Å²) in [5.41, 5.74) is 1.27. The maximum absolute atomic E-state index is 12.4. The molecular weight excluding hydrogens is 440 g/mol. The molecular formula is C22H15ClN2O3S2. The van der Waals surface area contributed by atoms with Crippen molar-refractivity contribution in [3.63, 3.8) is 0 Å². The zero-order chi connectivity index (χ0) is 21.1. The molecule has 2 N–H and O–H groups in total. The zero-order valence-electron chi connectivity index (χ0n) is 15.5. The lowest BCUT2D eigenvalue weighted by Gasteiger charge is -2.11. The van der Waals surface area contributed by atoms with Crippen molar-refractivity contribution in [1.82, 2.24) is 5.32 Å². The molecule has 0 aliphatic carbocycles. The van der Waals surface area contributed by atoms with Gasteiger partial charge in [-0.1, -0.05) is 65.9 Å². The Balaban J connectivity index is 1.46. The van der Waals surface area contributed by atoms with E-state index in [9.17, 15) is 9.59 Å². The van der Waals surface area contributed by atoms with E-state index in [4.69, 9.17) is 28.6 Å². The van der Waals surface area contributed by atoms with Crippen LogP contribution in [0.2, 0.25) is 5.02 Å². The lowest BCUT2D eigenvalue weighted by Crippen LogP contribution is -2.20. The Hall–Kier alpha value is -2.87. The predicted octanol–water partition coefficient (Wildman–Crippen LogP) is 5.00. The van der Waals surface area contributed by atoms with Gasteiger partial charge in [0.25, 0.3) is 11.8 Å². The Labute approximate surface area is 187 Å². The molecule has 0 spiro atoms. The number of rotatable bonds is 5. The highest BCUT2D eigenvalue weighted by Gasteiger charge is 2.22. The number of hydrogen-bond donors (Lipinski definition) is 2. The minimum Gasteiger partial charge on any atom is -0.483 e. The second-order valence-electron chi connectivity index (χ2n) is 6.43. The fraction of sp³-hybridized carbons (Fsp3) is 0.0455. The Morgan fingerprint density at radius 3 is 2.70 bits per heavy atom. The molecule has 0 atom stereocenters.